The summed E-state index contributed by atoms with van der Waals surface area (Å²) in [7, 11) is 0. The van der Waals surface area contributed by atoms with Gasteiger partial charge in [0.1, 0.15) is 11.5 Å². The Morgan fingerprint density at radius 2 is 2.05 bits per heavy atom. The Bertz CT molecular complexity index is 480. The van der Waals surface area contributed by atoms with E-state index in [2.05, 4.69) is 17.6 Å². The van der Waals surface area contributed by atoms with Crippen molar-refractivity contribution in [3.8, 4) is 0 Å². The lowest BCUT2D eigenvalue weighted by molar-refractivity contribution is -0.115. The molecule has 0 aromatic carbocycles. The molecule has 0 aliphatic rings. The Morgan fingerprint density at radius 3 is 2.71 bits per heavy atom. The molecule has 0 atom stereocenters. The number of carbonyl (C=O) groups is 1. The van der Waals surface area contributed by atoms with Crippen LogP contribution in [0.25, 0.3) is 6.08 Å². The molecule has 5 heteroatoms. The second-order valence-electron chi connectivity index (χ2n) is 4.94. The van der Waals surface area contributed by atoms with E-state index >= 15 is 0 Å². The molecule has 4 nitrogen and oxygen atoms in total. The van der Waals surface area contributed by atoms with Crippen molar-refractivity contribution in [3.63, 3.8) is 0 Å². The molecule has 0 spiro atoms. The van der Waals surface area contributed by atoms with Gasteiger partial charge in [-0.3, -0.25) is 10.1 Å². The molecule has 0 saturated carbocycles. The van der Waals surface area contributed by atoms with Gasteiger partial charge in [0.15, 0.2) is 5.11 Å². The van der Waals surface area contributed by atoms with Crippen LogP contribution in [0.2, 0.25) is 0 Å². The van der Waals surface area contributed by atoms with Gasteiger partial charge in [-0.05, 0) is 43.8 Å². The van der Waals surface area contributed by atoms with Crippen LogP contribution in [-0.2, 0) is 4.79 Å². The standard InChI is InChI=1S/C16H24N2O2S/c1-3-4-5-6-7-12-17-16(21)18-15(19)11-10-14-9-8-13(2)20-14/h8-11H,3-7,12H2,1-2H3,(H2,17,18,19,21). The Balaban J connectivity index is 2.16. The first-order valence-electron chi connectivity index (χ1n) is 7.45. The van der Waals surface area contributed by atoms with Crippen LogP contribution in [0.1, 0.15) is 50.5 Å². The van der Waals surface area contributed by atoms with Crippen molar-refractivity contribution < 1.29 is 9.21 Å². The molecule has 1 rings (SSSR count). The van der Waals surface area contributed by atoms with E-state index < -0.39 is 0 Å². The van der Waals surface area contributed by atoms with Crippen LogP contribution in [0.5, 0.6) is 0 Å². The highest BCUT2D eigenvalue weighted by atomic mass is 32.1. The minimum Gasteiger partial charge on any atom is -0.462 e. The summed E-state index contributed by atoms with van der Waals surface area (Å²) in [5, 5.41) is 6.02. The zero-order valence-electron chi connectivity index (χ0n) is 12.8. The number of amides is 1. The highest BCUT2D eigenvalue weighted by Crippen LogP contribution is 2.07. The van der Waals surface area contributed by atoms with Crippen LogP contribution in [0.15, 0.2) is 22.6 Å². The smallest absolute Gasteiger partial charge is 0.250 e. The Labute approximate surface area is 132 Å². The van der Waals surface area contributed by atoms with Gasteiger partial charge in [-0.2, -0.15) is 0 Å². The molecule has 0 unspecified atom stereocenters. The average Bonchev–Trinajstić information content (AvgIpc) is 2.86. The van der Waals surface area contributed by atoms with Crippen molar-refractivity contribution in [2.45, 2.75) is 46.0 Å². The number of thiocarbonyl (C=S) groups is 1. The molecule has 0 aliphatic carbocycles. The molecule has 0 fully saturated rings. The van der Waals surface area contributed by atoms with Gasteiger partial charge in [-0.25, -0.2) is 0 Å². The van der Waals surface area contributed by atoms with Crippen LogP contribution < -0.4 is 10.6 Å². The van der Waals surface area contributed by atoms with Gasteiger partial charge in [-0.15, -0.1) is 0 Å². The predicted octanol–water partition coefficient (Wildman–Crippen LogP) is 3.56. The predicted molar refractivity (Wildman–Crippen MR) is 90.0 cm³/mol. The summed E-state index contributed by atoms with van der Waals surface area (Å²) in [5.41, 5.74) is 0. The minimum absolute atomic E-state index is 0.257. The molecule has 116 valence electrons. The largest absolute Gasteiger partial charge is 0.462 e. The number of nitrogens with one attached hydrogen (secondary N) is 2. The van der Waals surface area contributed by atoms with Crippen LogP contribution in [-0.4, -0.2) is 17.6 Å². The second kappa shape index (κ2) is 10.2. The van der Waals surface area contributed by atoms with E-state index in [4.69, 9.17) is 16.6 Å². The first kappa shape index (κ1) is 17.4. The summed E-state index contributed by atoms with van der Waals surface area (Å²) in [5.74, 6) is 1.21. The molecular weight excluding hydrogens is 284 g/mol. The molecule has 1 aromatic rings. The fourth-order valence-electron chi connectivity index (χ4n) is 1.83. The van der Waals surface area contributed by atoms with E-state index in [0.29, 0.717) is 10.9 Å². The van der Waals surface area contributed by atoms with E-state index in [1.54, 1.807) is 6.08 Å². The van der Waals surface area contributed by atoms with E-state index in [0.717, 1.165) is 18.7 Å². The monoisotopic (exact) mass is 308 g/mol. The van der Waals surface area contributed by atoms with Gasteiger partial charge in [0.2, 0.25) is 5.91 Å². The molecule has 1 amide bonds. The average molecular weight is 308 g/mol. The third-order valence-electron chi connectivity index (χ3n) is 2.96. The lowest BCUT2D eigenvalue weighted by atomic mass is 10.1. The van der Waals surface area contributed by atoms with Gasteiger partial charge >= 0.3 is 0 Å². The van der Waals surface area contributed by atoms with Gasteiger partial charge in [0.05, 0.1) is 0 Å². The number of aryl methyl sites for hydroxylation is 1. The zero-order chi connectivity index (χ0) is 15.5. The number of unbranched alkanes of at least 4 members (excludes halogenated alkanes) is 4. The highest BCUT2D eigenvalue weighted by molar-refractivity contribution is 7.80. The first-order valence-corrected chi connectivity index (χ1v) is 7.86. The lowest BCUT2D eigenvalue weighted by Gasteiger charge is -2.07. The molecular formula is C16H24N2O2S. The van der Waals surface area contributed by atoms with Gasteiger partial charge in [0.25, 0.3) is 0 Å². The second-order valence-corrected chi connectivity index (χ2v) is 5.35. The Kier molecular flexibility index (Phi) is 8.43. The summed E-state index contributed by atoms with van der Waals surface area (Å²) < 4.78 is 5.34. The molecule has 0 radical (unpaired) electrons. The van der Waals surface area contributed by atoms with Crippen molar-refractivity contribution in [1.82, 2.24) is 10.6 Å². The summed E-state index contributed by atoms with van der Waals surface area (Å²) in [6.45, 7) is 4.85. The van der Waals surface area contributed by atoms with Crippen molar-refractivity contribution in [3.05, 3.63) is 29.7 Å². The summed E-state index contributed by atoms with van der Waals surface area (Å²) >= 11 is 5.07. The maximum Gasteiger partial charge on any atom is 0.250 e. The molecule has 0 bridgehead atoms. The van der Waals surface area contributed by atoms with Crippen LogP contribution in [0.3, 0.4) is 0 Å². The van der Waals surface area contributed by atoms with E-state index in [9.17, 15) is 4.79 Å². The fraction of sp³-hybridized carbons (Fsp3) is 0.500. The molecule has 21 heavy (non-hydrogen) atoms. The lowest BCUT2D eigenvalue weighted by Crippen LogP contribution is -2.38. The van der Waals surface area contributed by atoms with Crippen LogP contribution in [0, 0.1) is 6.92 Å². The summed E-state index contributed by atoms with van der Waals surface area (Å²) in [4.78, 5) is 11.6. The van der Waals surface area contributed by atoms with E-state index in [-0.39, 0.29) is 5.91 Å². The zero-order valence-corrected chi connectivity index (χ0v) is 13.6. The number of furan rings is 1. The minimum atomic E-state index is -0.257. The third-order valence-corrected chi connectivity index (χ3v) is 3.21. The molecule has 0 saturated heterocycles. The Hall–Kier alpha value is -1.62. The number of hydrogen-bond acceptors (Lipinski definition) is 3. The number of carbonyl (C=O) groups excluding carboxylic acids is 1. The quantitative estimate of drug-likeness (QED) is 0.438. The number of hydrogen-bond donors (Lipinski definition) is 2. The van der Waals surface area contributed by atoms with Crippen LogP contribution >= 0.6 is 12.2 Å². The maximum atomic E-state index is 11.6. The first-order chi connectivity index (χ1) is 10.1. The van der Waals surface area contributed by atoms with Crippen molar-refractivity contribution in [2.24, 2.45) is 0 Å². The molecule has 1 aromatic heterocycles. The van der Waals surface area contributed by atoms with Crippen molar-refractivity contribution >= 4 is 29.3 Å². The fourth-order valence-corrected chi connectivity index (χ4v) is 2.03. The Morgan fingerprint density at radius 1 is 1.29 bits per heavy atom. The maximum absolute atomic E-state index is 11.6. The molecule has 0 aliphatic heterocycles. The van der Waals surface area contributed by atoms with Gasteiger partial charge < -0.3 is 9.73 Å². The number of rotatable bonds is 8. The van der Waals surface area contributed by atoms with E-state index in [1.807, 2.05) is 19.1 Å². The third kappa shape index (κ3) is 8.30. The highest BCUT2D eigenvalue weighted by Gasteiger charge is 2.01. The topological polar surface area (TPSA) is 54.3 Å². The van der Waals surface area contributed by atoms with Crippen LogP contribution in [0.4, 0.5) is 0 Å². The van der Waals surface area contributed by atoms with E-state index in [1.165, 1.54) is 31.8 Å². The summed E-state index contributed by atoms with van der Waals surface area (Å²) in [6, 6.07) is 3.66. The van der Waals surface area contributed by atoms with Crippen molar-refractivity contribution in [2.75, 3.05) is 6.54 Å². The summed E-state index contributed by atoms with van der Waals surface area (Å²) in [6.07, 6.45) is 9.06. The molecule has 1 heterocycles. The van der Waals surface area contributed by atoms with Gasteiger partial charge in [0, 0.05) is 12.6 Å². The molecule has 2 N–H and O–H groups in total. The van der Waals surface area contributed by atoms with Gasteiger partial charge in [-0.1, -0.05) is 32.6 Å². The normalized spacial score (nSPS) is 10.8. The van der Waals surface area contributed by atoms with Crippen molar-refractivity contribution in [1.29, 1.82) is 0 Å². The SMILES string of the molecule is CCCCCCCNC(=S)NC(=O)C=Cc1ccc(C)o1.